The van der Waals surface area contributed by atoms with Gasteiger partial charge >= 0.3 is 0 Å². The summed E-state index contributed by atoms with van der Waals surface area (Å²) in [5.74, 6) is 0. The van der Waals surface area contributed by atoms with Crippen molar-refractivity contribution in [3.63, 3.8) is 0 Å². The Kier molecular flexibility index (Phi) is 2.66. The summed E-state index contributed by atoms with van der Waals surface area (Å²) in [6.45, 7) is 9.15. The summed E-state index contributed by atoms with van der Waals surface area (Å²) >= 11 is 0. The molecule has 2 heteroatoms. The van der Waals surface area contributed by atoms with Gasteiger partial charge in [-0.15, -0.1) is 0 Å². The number of nitrogens with zero attached hydrogens (tertiary/aromatic N) is 2. The van der Waals surface area contributed by atoms with E-state index >= 15 is 0 Å². The molecule has 2 rings (SSSR count). The highest BCUT2D eigenvalue weighted by molar-refractivity contribution is 4.79. The first-order chi connectivity index (χ1) is 5.86. The second-order valence-electron chi connectivity index (χ2n) is 4.22. The van der Waals surface area contributed by atoms with E-state index in [1.54, 1.807) is 0 Å². The zero-order valence-electron chi connectivity index (χ0n) is 8.13. The third kappa shape index (κ3) is 2.76. The molecule has 1 atom stereocenters. The molecule has 70 valence electrons. The van der Waals surface area contributed by atoms with Gasteiger partial charge in [-0.25, -0.2) is 0 Å². The molecule has 0 amide bonds. The summed E-state index contributed by atoms with van der Waals surface area (Å²) < 4.78 is 0. The Morgan fingerprint density at radius 2 is 1.83 bits per heavy atom. The van der Waals surface area contributed by atoms with Gasteiger partial charge in [0.15, 0.2) is 0 Å². The second-order valence-corrected chi connectivity index (χ2v) is 4.22. The number of hydrogen-bond donors (Lipinski definition) is 0. The van der Waals surface area contributed by atoms with E-state index in [0.717, 1.165) is 6.04 Å². The van der Waals surface area contributed by atoms with Gasteiger partial charge in [-0.05, 0) is 26.3 Å². The van der Waals surface area contributed by atoms with Crippen LogP contribution in [0.4, 0.5) is 0 Å². The first kappa shape index (κ1) is 8.52. The van der Waals surface area contributed by atoms with Crippen molar-refractivity contribution in [3.05, 3.63) is 0 Å². The quantitative estimate of drug-likeness (QED) is 0.434. The van der Waals surface area contributed by atoms with Gasteiger partial charge in [0.05, 0.1) is 0 Å². The third-order valence-corrected chi connectivity index (χ3v) is 2.99. The lowest BCUT2D eigenvalue weighted by atomic mass is 10.1. The van der Waals surface area contributed by atoms with Crippen molar-refractivity contribution in [2.24, 2.45) is 0 Å². The van der Waals surface area contributed by atoms with Crippen LogP contribution in [0.5, 0.6) is 0 Å². The molecule has 0 aliphatic carbocycles. The molecular weight excluding hydrogens is 148 g/mol. The van der Waals surface area contributed by atoms with Gasteiger partial charge in [-0.1, -0.05) is 6.42 Å². The summed E-state index contributed by atoms with van der Waals surface area (Å²) in [5.41, 5.74) is 0. The fourth-order valence-electron chi connectivity index (χ4n) is 1.75. The number of unbranched alkanes of at least 4 members (excludes halogenated alkanes) is 1. The average Bonchev–Trinajstić information content (AvgIpc) is 2.85. The zero-order valence-corrected chi connectivity index (χ0v) is 8.13. The summed E-state index contributed by atoms with van der Waals surface area (Å²) in [6, 6.07) is 0.860. The molecule has 0 aromatic rings. The van der Waals surface area contributed by atoms with Crippen LogP contribution in [0.25, 0.3) is 0 Å². The minimum absolute atomic E-state index is 0.860. The maximum Gasteiger partial charge on any atom is 0.0113 e. The predicted octanol–water partition coefficient (Wildman–Crippen LogP) is 1.18. The lowest BCUT2D eigenvalue weighted by Gasteiger charge is -2.11. The molecule has 0 saturated carbocycles. The van der Waals surface area contributed by atoms with E-state index in [9.17, 15) is 0 Å². The van der Waals surface area contributed by atoms with Crippen molar-refractivity contribution in [1.29, 1.82) is 0 Å². The molecule has 2 aliphatic heterocycles. The molecule has 2 heterocycles. The molecule has 2 aliphatic rings. The Labute approximate surface area is 75.5 Å². The standard InChI is InChI=1S/C10H20N2/c1-10(12-8-9-12)4-2-3-5-11-6-7-11/h10H,2-9H2,1H3. The van der Waals surface area contributed by atoms with Crippen LogP contribution in [0, 0.1) is 0 Å². The van der Waals surface area contributed by atoms with E-state index in [1.165, 1.54) is 52.0 Å². The highest BCUT2D eigenvalue weighted by Gasteiger charge is 2.23. The molecule has 1 unspecified atom stereocenters. The topological polar surface area (TPSA) is 6.02 Å². The van der Waals surface area contributed by atoms with Gasteiger partial charge in [-0.3, -0.25) is 4.90 Å². The molecule has 0 aromatic carbocycles. The molecule has 0 bridgehead atoms. The van der Waals surface area contributed by atoms with Gasteiger partial charge < -0.3 is 4.90 Å². The Balaban J connectivity index is 1.44. The average molecular weight is 168 g/mol. The van der Waals surface area contributed by atoms with Crippen LogP contribution in [0.15, 0.2) is 0 Å². The van der Waals surface area contributed by atoms with Crippen molar-refractivity contribution < 1.29 is 0 Å². The van der Waals surface area contributed by atoms with Crippen LogP contribution in [0.2, 0.25) is 0 Å². The van der Waals surface area contributed by atoms with Crippen LogP contribution in [-0.4, -0.2) is 48.6 Å². The van der Waals surface area contributed by atoms with E-state index in [1.807, 2.05) is 0 Å². The molecule has 2 saturated heterocycles. The predicted molar refractivity (Wildman–Crippen MR) is 51.3 cm³/mol. The summed E-state index contributed by atoms with van der Waals surface area (Å²) in [7, 11) is 0. The van der Waals surface area contributed by atoms with Crippen LogP contribution in [0.3, 0.4) is 0 Å². The Morgan fingerprint density at radius 3 is 2.42 bits per heavy atom. The first-order valence-electron chi connectivity index (χ1n) is 5.32. The normalized spacial score (nSPS) is 25.8. The van der Waals surface area contributed by atoms with Crippen LogP contribution >= 0.6 is 0 Å². The SMILES string of the molecule is CC(CCCCN1CC1)N1CC1. The number of rotatable bonds is 6. The lowest BCUT2D eigenvalue weighted by molar-refractivity contribution is 0.382. The molecule has 0 spiro atoms. The molecule has 0 N–H and O–H groups in total. The monoisotopic (exact) mass is 168 g/mol. The van der Waals surface area contributed by atoms with E-state index in [4.69, 9.17) is 0 Å². The number of hydrogen-bond acceptors (Lipinski definition) is 2. The van der Waals surface area contributed by atoms with Gasteiger partial charge in [-0.2, -0.15) is 0 Å². The molecule has 2 fully saturated rings. The van der Waals surface area contributed by atoms with Crippen molar-refractivity contribution in [3.8, 4) is 0 Å². The maximum absolute atomic E-state index is 2.55. The summed E-state index contributed by atoms with van der Waals surface area (Å²) in [4.78, 5) is 5.07. The van der Waals surface area contributed by atoms with Gasteiger partial charge in [0.1, 0.15) is 0 Å². The van der Waals surface area contributed by atoms with Crippen LogP contribution < -0.4 is 0 Å². The highest BCUT2D eigenvalue weighted by atomic mass is 15.3. The minimum Gasteiger partial charge on any atom is -0.301 e. The van der Waals surface area contributed by atoms with Crippen molar-refractivity contribution in [1.82, 2.24) is 9.80 Å². The zero-order chi connectivity index (χ0) is 8.39. The molecular formula is C10H20N2. The maximum atomic E-state index is 2.55. The van der Waals surface area contributed by atoms with E-state index in [-0.39, 0.29) is 0 Å². The van der Waals surface area contributed by atoms with E-state index in [2.05, 4.69) is 16.7 Å². The van der Waals surface area contributed by atoms with Crippen molar-refractivity contribution >= 4 is 0 Å². The summed E-state index contributed by atoms with van der Waals surface area (Å²) in [6.07, 6.45) is 4.25. The third-order valence-electron chi connectivity index (χ3n) is 2.99. The van der Waals surface area contributed by atoms with Crippen molar-refractivity contribution in [2.45, 2.75) is 32.2 Å². The Morgan fingerprint density at radius 1 is 1.08 bits per heavy atom. The van der Waals surface area contributed by atoms with Gasteiger partial charge in [0.25, 0.3) is 0 Å². The molecule has 0 aromatic heterocycles. The lowest BCUT2D eigenvalue weighted by Crippen LogP contribution is -2.14. The smallest absolute Gasteiger partial charge is 0.0113 e. The second kappa shape index (κ2) is 3.75. The van der Waals surface area contributed by atoms with Crippen LogP contribution in [-0.2, 0) is 0 Å². The van der Waals surface area contributed by atoms with E-state index < -0.39 is 0 Å². The fraction of sp³-hybridized carbons (Fsp3) is 1.00. The van der Waals surface area contributed by atoms with Crippen LogP contribution in [0.1, 0.15) is 26.2 Å². The summed E-state index contributed by atoms with van der Waals surface area (Å²) in [5, 5.41) is 0. The Hall–Kier alpha value is -0.0800. The van der Waals surface area contributed by atoms with Crippen molar-refractivity contribution in [2.75, 3.05) is 32.7 Å². The molecule has 12 heavy (non-hydrogen) atoms. The fourth-order valence-corrected chi connectivity index (χ4v) is 1.75. The minimum atomic E-state index is 0.860. The van der Waals surface area contributed by atoms with Gasteiger partial charge in [0, 0.05) is 32.2 Å². The first-order valence-corrected chi connectivity index (χ1v) is 5.32. The van der Waals surface area contributed by atoms with Gasteiger partial charge in [0.2, 0.25) is 0 Å². The Bertz CT molecular complexity index is 139. The molecule has 0 radical (unpaired) electrons. The molecule has 2 nitrogen and oxygen atoms in total. The largest absolute Gasteiger partial charge is 0.301 e. The van der Waals surface area contributed by atoms with E-state index in [0.29, 0.717) is 0 Å². The highest BCUT2D eigenvalue weighted by Crippen LogP contribution is 2.16.